The van der Waals surface area contributed by atoms with Gasteiger partial charge in [-0.25, -0.2) is 0 Å². The number of benzene rings is 1. The van der Waals surface area contributed by atoms with Crippen LogP contribution in [-0.4, -0.2) is 31.3 Å². The number of nitro benzene ring substituents is 1. The third-order valence-corrected chi connectivity index (χ3v) is 4.62. The molecule has 3 rings (SSSR count). The van der Waals surface area contributed by atoms with Crippen LogP contribution in [0.1, 0.15) is 5.56 Å². The van der Waals surface area contributed by atoms with Crippen LogP contribution in [0, 0.1) is 17.0 Å². The molecule has 1 aromatic carbocycles. The Kier molecular flexibility index (Phi) is 5.03. The second-order valence-corrected chi connectivity index (χ2v) is 6.38. The predicted molar refractivity (Wildman–Crippen MR) is 95.9 cm³/mol. The summed E-state index contributed by atoms with van der Waals surface area (Å²) in [4.78, 5) is 22.4. The van der Waals surface area contributed by atoms with E-state index in [2.05, 4.69) is 15.5 Å². The summed E-state index contributed by atoms with van der Waals surface area (Å²) in [5.74, 6) is 1.05. The Balaban J connectivity index is 1.62. The zero-order valence-corrected chi connectivity index (χ0v) is 14.8. The molecule has 134 valence electrons. The molecule has 0 saturated carbocycles. The van der Waals surface area contributed by atoms with E-state index in [1.807, 2.05) is 0 Å². The quantitative estimate of drug-likeness (QED) is 0.401. The van der Waals surface area contributed by atoms with Crippen molar-refractivity contribution in [1.29, 1.82) is 0 Å². The van der Waals surface area contributed by atoms with Crippen LogP contribution in [0.3, 0.4) is 0 Å². The van der Waals surface area contributed by atoms with E-state index >= 15 is 0 Å². The molecular weight excluding hydrogens is 358 g/mol. The standard InChI is InChI=1S/C16H15N5O4S/c1-10-8-11(21(23)24)5-6-12(10)17-14(22)9-26-16-19-18-15(20(16)2)13-4-3-7-25-13/h3-8H,9H2,1-2H3,(H,17,22). The summed E-state index contributed by atoms with van der Waals surface area (Å²) in [5, 5.41) is 22.2. The van der Waals surface area contributed by atoms with Gasteiger partial charge in [0.25, 0.3) is 5.69 Å². The molecule has 0 fully saturated rings. The molecule has 0 unspecified atom stereocenters. The Bertz CT molecular complexity index is 952. The fourth-order valence-electron chi connectivity index (χ4n) is 2.28. The lowest BCUT2D eigenvalue weighted by Crippen LogP contribution is -2.15. The number of nitrogens with zero attached hydrogens (tertiary/aromatic N) is 4. The minimum Gasteiger partial charge on any atom is -0.461 e. The van der Waals surface area contributed by atoms with E-state index in [0.29, 0.717) is 28.0 Å². The van der Waals surface area contributed by atoms with E-state index < -0.39 is 4.92 Å². The lowest BCUT2D eigenvalue weighted by molar-refractivity contribution is -0.384. The topological polar surface area (TPSA) is 116 Å². The molecule has 1 amide bonds. The molecule has 3 aromatic rings. The van der Waals surface area contributed by atoms with Gasteiger partial charge in [-0.05, 0) is 30.7 Å². The number of amides is 1. The average Bonchev–Trinajstić information content (AvgIpc) is 3.24. The molecule has 0 saturated heterocycles. The number of carbonyl (C=O) groups excluding carboxylic acids is 1. The smallest absolute Gasteiger partial charge is 0.269 e. The maximum Gasteiger partial charge on any atom is 0.269 e. The van der Waals surface area contributed by atoms with Crippen molar-refractivity contribution in [1.82, 2.24) is 14.8 Å². The Morgan fingerprint density at radius 2 is 2.19 bits per heavy atom. The van der Waals surface area contributed by atoms with E-state index in [9.17, 15) is 14.9 Å². The van der Waals surface area contributed by atoms with Gasteiger partial charge in [-0.1, -0.05) is 11.8 Å². The van der Waals surface area contributed by atoms with Crippen molar-refractivity contribution >= 4 is 29.0 Å². The first-order valence-corrected chi connectivity index (χ1v) is 8.55. The Morgan fingerprint density at radius 3 is 2.85 bits per heavy atom. The number of anilines is 1. The van der Waals surface area contributed by atoms with E-state index in [1.54, 1.807) is 36.9 Å². The van der Waals surface area contributed by atoms with Crippen molar-refractivity contribution in [2.24, 2.45) is 7.05 Å². The number of rotatable bonds is 6. The second-order valence-electron chi connectivity index (χ2n) is 5.44. The van der Waals surface area contributed by atoms with Crippen LogP contribution in [0.4, 0.5) is 11.4 Å². The highest BCUT2D eigenvalue weighted by Gasteiger charge is 2.15. The van der Waals surface area contributed by atoms with Crippen LogP contribution in [-0.2, 0) is 11.8 Å². The first-order valence-electron chi connectivity index (χ1n) is 7.56. The number of hydrogen-bond acceptors (Lipinski definition) is 7. The molecule has 2 aromatic heterocycles. The Morgan fingerprint density at radius 1 is 1.38 bits per heavy atom. The first kappa shape index (κ1) is 17.7. The first-order chi connectivity index (χ1) is 12.5. The molecule has 0 spiro atoms. The fraction of sp³-hybridized carbons (Fsp3) is 0.188. The number of thioether (sulfide) groups is 1. The minimum atomic E-state index is -0.473. The average molecular weight is 373 g/mol. The van der Waals surface area contributed by atoms with Crippen molar-refractivity contribution in [2.75, 3.05) is 11.1 Å². The van der Waals surface area contributed by atoms with Crippen LogP contribution in [0.25, 0.3) is 11.6 Å². The van der Waals surface area contributed by atoms with E-state index in [0.717, 1.165) is 0 Å². The van der Waals surface area contributed by atoms with Crippen molar-refractivity contribution < 1.29 is 14.1 Å². The van der Waals surface area contributed by atoms with Gasteiger partial charge in [-0.2, -0.15) is 0 Å². The molecule has 0 atom stereocenters. The van der Waals surface area contributed by atoms with Gasteiger partial charge in [0.05, 0.1) is 16.9 Å². The van der Waals surface area contributed by atoms with Crippen molar-refractivity contribution in [3.8, 4) is 11.6 Å². The molecule has 26 heavy (non-hydrogen) atoms. The summed E-state index contributed by atoms with van der Waals surface area (Å²) in [6.45, 7) is 1.70. The van der Waals surface area contributed by atoms with Gasteiger partial charge in [0, 0.05) is 24.9 Å². The monoisotopic (exact) mass is 373 g/mol. The minimum absolute atomic E-state index is 0.0144. The normalized spacial score (nSPS) is 10.7. The molecule has 0 aliphatic carbocycles. The third-order valence-electron chi connectivity index (χ3n) is 3.60. The molecule has 9 nitrogen and oxygen atoms in total. The number of carbonyl (C=O) groups is 1. The van der Waals surface area contributed by atoms with Crippen LogP contribution >= 0.6 is 11.8 Å². The van der Waals surface area contributed by atoms with Gasteiger partial charge in [-0.3, -0.25) is 14.9 Å². The van der Waals surface area contributed by atoms with Crippen LogP contribution < -0.4 is 5.32 Å². The highest BCUT2D eigenvalue weighted by Crippen LogP contribution is 2.24. The van der Waals surface area contributed by atoms with Crippen molar-refractivity contribution in [3.63, 3.8) is 0 Å². The van der Waals surface area contributed by atoms with Gasteiger partial charge in [0.15, 0.2) is 16.7 Å². The van der Waals surface area contributed by atoms with Crippen molar-refractivity contribution in [2.45, 2.75) is 12.1 Å². The van der Waals surface area contributed by atoms with E-state index in [-0.39, 0.29) is 17.3 Å². The lowest BCUT2D eigenvalue weighted by atomic mass is 10.2. The van der Waals surface area contributed by atoms with Gasteiger partial charge in [0.2, 0.25) is 5.91 Å². The molecule has 0 bridgehead atoms. The summed E-state index contributed by atoms with van der Waals surface area (Å²) in [6, 6.07) is 7.84. The van der Waals surface area contributed by atoms with Gasteiger partial charge in [-0.15, -0.1) is 10.2 Å². The summed E-state index contributed by atoms with van der Waals surface area (Å²) in [6.07, 6.45) is 1.55. The summed E-state index contributed by atoms with van der Waals surface area (Å²) < 4.78 is 7.04. The van der Waals surface area contributed by atoms with Gasteiger partial charge < -0.3 is 14.3 Å². The number of non-ortho nitro benzene ring substituents is 1. The van der Waals surface area contributed by atoms with Gasteiger partial charge >= 0.3 is 0 Å². The predicted octanol–water partition coefficient (Wildman–Crippen LogP) is 3.02. The second kappa shape index (κ2) is 7.40. The number of nitro groups is 1. The number of aromatic nitrogens is 3. The lowest BCUT2D eigenvalue weighted by Gasteiger charge is -2.08. The summed E-state index contributed by atoms with van der Waals surface area (Å²) in [5.41, 5.74) is 1.14. The Labute approximate surface area is 152 Å². The van der Waals surface area contributed by atoms with Crippen LogP contribution in [0.2, 0.25) is 0 Å². The number of furan rings is 1. The molecule has 2 heterocycles. The number of hydrogen-bond donors (Lipinski definition) is 1. The van der Waals surface area contributed by atoms with E-state index in [4.69, 9.17) is 4.42 Å². The van der Waals surface area contributed by atoms with E-state index in [1.165, 1.54) is 30.0 Å². The van der Waals surface area contributed by atoms with Crippen LogP contribution in [0.15, 0.2) is 46.2 Å². The highest BCUT2D eigenvalue weighted by atomic mass is 32.2. The molecule has 0 aliphatic rings. The summed E-state index contributed by atoms with van der Waals surface area (Å²) in [7, 11) is 1.79. The van der Waals surface area contributed by atoms with Crippen LogP contribution in [0.5, 0.6) is 0 Å². The molecule has 1 N–H and O–H groups in total. The molecule has 0 radical (unpaired) electrons. The number of aryl methyl sites for hydroxylation is 1. The zero-order chi connectivity index (χ0) is 18.7. The largest absolute Gasteiger partial charge is 0.461 e. The van der Waals surface area contributed by atoms with Crippen molar-refractivity contribution in [3.05, 3.63) is 52.3 Å². The molecule has 10 heteroatoms. The SMILES string of the molecule is Cc1cc([N+](=O)[O-])ccc1NC(=O)CSc1nnc(-c2ccco2)n1C. The molecular formula is C16H15N5O4S. The Hall–Kier alpha value is -3.14. The highest BCUT2D eigenvalue weighted by molar-refractivity contribution is 7.99. The maximum atomic E-state index is 12.2. The zero-order valence-electron chi connectivity index (χ0n) is 14.0. The molecule has 0 aliphatic heterocycles. The fourth-order valence-corrected chi connectivity index (χ4v) is 2.99. The third kappa shape index (κ3) is 3.75. The van der Waals surface area contributed by atoms with Gasteiger partial charge in [0.1, 0.15) is 0 Å². The summed E-state index contributed by atoms with van der Waals surface area (Å²) >= 11 is 1.23. The maximum absolute atomic E-state index is 12.2. The number of nitrogens with one attached hydrogen (secondary N) is 1.